The fourth-order valence-corrected chi connectivity index (χ4v) is 1.27. The number of carboxylic acids is 1. The van der Waals surface area contributed by atoms with Crippen molar-refractivity contribution in [1.29, 1.82) is 0 Å². The van der Waals surface area contributed by atoms with Crippen molar-refractivity contribution < 1.29 is 19.4 Å². The van der Waals surface area contributed by atoms with Gasteiger partial charge in [-0.25, -0.2) is 0 Å². The van der Waals surface area contributed by atoms with Gasteiger partial charge in [-0.15, -0.1) is 0 Å². The third-order valence-electron chi connectivity index (χ3n) is 2.15. The van der Waals surface area contributed by atoms with E-state index in [1.165, 1.54) is 0 Å². The number of hydrogen-bond acceptors (Lipinski definition) is 5. The van der Waals surface area contributed by atoms with Crippen LogP contribution in [0.15, 0.2) is 24.3 Å². The van der Waals surface area contributed by atoms with Crippen LogP contribution in [0.1, 0.15) is 20.3 Å². The molecule has 4 N–H and O–H groups in total. The van der Waals surface area contributed by atoms with Crippen molar-refractivity contribution in [3.05, 3.63) is 24.3 Å². The summed E-state index contributed by atoms with van der Waals surface area (Å²) in [7, 11) is 0. The number of rotatable bonds is 8. The molecule has 0 fully saturated rings. The van der Waals surface area contributed by atoms with E-state index in [0.717, 1.165) is 0 Å². The van der Waals surface area contributed by atoms with E-state index in [9.17, 15) is 9.59 Å². The van der Waals surface area contributed by atoms with Crippen molar-refractivity contribution in [2.75, 3.05) is 18.5 Å². The lowest BCUT2D eigenvalue weighted by Gasteiger charge is -2.13. The standard InChI is InChI=1S/C12H16N2O4.C2H6/c13-9(7-15)8-18-11-4-2-1-3-10(11)14-6-5-12(16)17;1-2/h1-4,7,9,14H,5-6,8,13H2,(H,16,17);1-2H3/t9-;/m0./s1. The molecule has 1 aromatic carbocycles. The lowest BCUT2D eigenvalue weighted by molar-refractivity contribution is -0.136. The summed E-state index contributed by atoms with van der Waals surface area (Å²) in [6.45, 7) is 4.39. The van der Waals surface area contributed by atoms with Crippen LogP contribution in [0.5, 0.6) is 5.75 Å². The molecule has 0 heterocycles. The molecule has 0 spiro atoms. The van der Waals surface area contributed by atoms with E-state index in [1.807, 2.05) is 13.8 Å². The van der Waals surface area contributed by atoms with Gasteiger partial charge in [0, 0.05) is 6.54 Å². The van der Waals surface area contributed by atoms with Crippen LogP contribution >= 0.6 is 0 Å². The van der Waals surface area contributed by atoms with E-state index in [0.29, 0.717) is 24.3 Å². The molecule has 0 saturated carbocycles. The van der Waals surface area contributed by atoms with Crippen LogP contribution in [-0.2, 0) is 9.59 Å². The topological polar surface area (TPSA) is 102 Å². The number of para-hydroxylation sites is 2. The minimum Gasteiger partial charge on any atom is -0.489 e. The van der Waals surface area contributed by atoms with E-state index < -0.39 is 12.0 Å². The fourth-order valence-electron chi connectivity index (χ4n) is 1.27. The largest absolute Gasteiger partial charge is 0.489 e. The van der Waals surface area contributed by atoms with Crippen LogP contribution in [0.3, 0.4) is 0 Å². The zero-order valence-corrected chi connectivity index (χ0v) is 11.8. The summed E-state index contributed by atoms with van der Waals surface area (Å²) in [5, 5.41) is 11.5. The number of anilines is 1. The highest BCUT2D eigenvalue weighted by molar-refractivity contribution is 5.68. The summed E-state index contributed by atoms with van der Waals surface area (Å²) in [5.41, 5.74) is 6.10. The van der Waals surface area contributed by atoms with Gasteiger partial charge in [0.2, 0.25) is 0 Å². The number of aldehydes is 1. The zero-order valence-electron chi connectivity index (χ0n) is 11.8. The maximum absolute atomic E-state index is 10.4. The number of ether oxygens (including phenoxy) is 1. The fraction of sp³-hybridized carbons (Fsp3) is 0.429. The van der Waals surface area contributed by atoms with E-state index >= 15 is 0 Å². The number of carboxylic acid groups (broad SMARTS) is 1. The van der Waals surface area contributed by atoms with Crippen LogP contribution in [0.4, 0.5) is 5.69 Å². The summed E-state index contributed by atoms with van der Waals surface area (Å²) in [5.74, 6) is -0.330. The Morgan fingerprint density at radius 2 is 2.10 bits per heavy atom. The van der Waals surface area contributed by atoms with Crippen LogP contribution < -0.4 is 15.8 Å². The molecule has 6 heteroatoms. The predicted octanol–water partition coefficient (Wildman–Crippen LogP) is 1.50. The molecule has 0 aliphatic carbocycles. The lowest BCUT2D eigenvalue weighted by atomic mass is 10.2. The Balaban J connectivity index is 0.00000172. The van der Waals surface area contributed by atoms with Crippen LogP contribution in [0.25, 0.3) is 0 Å². The normalized spacial score (nSPS) is 10.8. The Bertz CT molecular complexity index is 410. The molecule has 6 nitrogen and oxygen atoms in total. The van der Waals surface area contributed by atoms with E-state index in [2.05, 4.69) is 5.32 Å². The summed E-state index contributed by atoms with van der Waals surface area (Å²) < 4.78 is 5.38. The summed E-state index contributed by atoms with van der Waals surface area (Å²) in [4.78, 5) is 20.8. The van der Waals surface area contributed by atoms with Gasteiger partial charge in [-0.05, 0) is 12.1 Å². The van der Waals surface area contributed by atoms with Gasteiger partial charge < -0.3 is 25.7 Å². The van der Waals surface area contributed by atoms with E-state index in [1.54, 1.807) is 24.3 Å². The second kappa shape index (κ2) is 10.8. The highest BCUT2D eigenvalue weighted by atomic mass is 16.5. The number of aliphatic carboxylic acids is 1. The second-order valence-electron chi connectivity index (χ2n) is 3.68. The number of carbonyl (C=O) groups is 2. The number of benzene rings is 1. The maximum atomic E-state index is 10.4. The second-order valence-corrected chi connectivity index (χ2v) is 3.68. The van der Waals surface area contributed by atoms with Gasteiger partial charge in [0.05, 0.1) is 18.2 Å². The first-order valence-electron chi connectivity index (χ1n) is 6.52. The molecule has 0 amide bonds. The molecule has 0 saturated heterocycles. The highest BCUT2D eigenvalue weighted by Gasteiger charge is 2.06. The van der Waals surface area contributed by atoms with Crippen molar-refractivity contribution in [1.82, 2.24) is 0 Å². The Kier molecular flexibility index (Phi) is 9.68. The van der Waals surface area contributed by atoms with Gasteiger partial charge in [-0.1, -0.05) is 26.0 Å². The first-order chi connectivity index (χ1) is 9.63. The quantitative estimate of drug-likeness (QED) is 0.625. The Labute approximate surface area is 118 Å². The number of carbonyl (C=O) groups excluding carboxylic acids is 1. The molecule has 20 heavy (non-hydrogen) atoms. The molecule has 1 rings (SSSR count). The molecule has 0 aromatic heterocycles. The van der Waals surface area contributed by atoms with Crippen molar-refractivity contribution in [2.24, 2.45) is 5.73 Å². The third kappa shape index (κ3) is 7.38. The zero-order chi connectivity index (χ0) is 15.4. The highest BCUT2D eigenvalue weighted by Crippen LogP contribution is 2.23. The average molecular weight is 282 g/mol. The lowest BCUT2D eigenvalue weighted by Crippen LogP contribution is -2.29. The van der Waals surface area contributed by atoms with Gasteiger partial charge in [-0.2, -0.15) is 0 Å². The molecule has 112 valence electrons. The Morgan fingerprint density at radius 1 is 1.45 bits per heavy atom. The minimum absolute atomic E-state index is 0.0161. The molecular weight excluding hydrogens is 260 g/mol. The third-order valence-corrected chi connectivity index (χ3v) is 2.15. The van der Waals surface area contributed by atoms with Gasteiger partial charge in [-0.3, -0.25) is 4.79 Å². The van der Waals surface area contributed by atoms with Crippen LogP contribution in [0.2, 0.25) is 0 Å². The van der Waals surface area contributed by atoms with Crippen LogP contribution in [0, 0.1) is 0 Å². The molecular formula is C14H22N2O4. The van der Waals surface area contributed by atoms with Crippen molar-refractivity contribution in [2.45, 2.75) is 26.3 Å². The van der Waals surface area contributed by atoms with Gasteiger partial charge in [0.1, 0.15) is 18.6 Å². The molecule has 1 aromatic rings. The van der Waals surface area contributed by atoms with Crippen molar-refractivity contribution >= 4 is 17.9 Å². The Morgan fingerprint density at radius 3 is 2.70 bits per heavy atom. The van der Waals surface area contributed by atoms with E-state index in [4.69, 9.17) is 15.6 Å². The minimum atomic E-state index is -0.871. The molecule has 0 aliphatic rings. The SMILES string of the molecule is CC.N[C@@H](C=O)COc1ccccc1NCCC(=O)O. The summed E-state index contributed by atoms with van der Waals surface area (Å²) in [6.07, 6.45) is 0.628. The number of nitrogens with two attached hydrogens (primary N) is 1. The molecule has 0 radical (unpaired) electrons. The van der Waals surface area contributed by atoms with Gasteiger partial charge in [0.15, 0.2) is 0 Å². The first kappa shape index (κ1) is 17.9. The summed E-state index contributed by atoms with van der Waals surface area (Å²) >= 11 is 0. The van der Waals surface area contributed by atoms with Crippen molar-refractivity contribution in [3.8, 4) is 5.75 Å². The van der Waals surface area contributed by atoms with E-state index in [-0.39, 0.29) is 13.0 Å². The molecule has 1 atom stereocenters. The molecule has 0 bridgehead atoms. The number of hydrogen-bond donors (Lipinski definition) is 3. The van der Waals surface area contributed by atoms with Crippen molar-refractivity contribution in [3.63, 3.8) is 0 Å². The monoisotopic (exact) mass is 282 g/mol. The van der Waals surface area contributed by atoms with Gasteiger partial charge >= 0.3 is 5.97 Å². The summed E-state index contributed by atoms with van der Waals surface area (Å²) in [6, 6.07) is 6.40. The molecule has 0 unspecified atom stereocenters. The number of nitrogens with one attached hydrogen (secondary N) is 1. The van der Waals surface area contributed by atoms with Gasteiger partial charge in [0.25, 0.3) is 0 Å². The smallest absolute Gasteiger partial charge is 0.305 e. The predicted molar refractivity (Wildman–Crippen MR) is 78.1 cm³/mol. The average Bonchev–Trinajstić information content (AvgIpc) is 2.47. The van der Waals surface area contributed by atoms with Crippen LogP contribution in [-0.4, -0.2) is 36.6 Å². The maximum Gasteiger partial charge on any atom is 0.305 e. The Hall–Kier alpha value is -2.08. The first-order valence-corrected chi connectivity index (χ1v) is 6.52. The molecule has 0 aliphatic heterocycles.